The molecule has 1 aliphatic rings. The summed E-state index contributed by atoms with van der Waals surface area (Å²) in [5.41, 5.74) is -1.07. The van der Waals surface area contributed by atoms with Crippen LogP contribution in [0.4, 0.5) is 0 Å². The second kappa shape index (κ2) is 6.11. The maximum Gasteiger partial charge on any atom is 0.235 e. The van der Waals surface area contributed by atoms with Crippen molar-refractivity contribution in [3.05, 3.63) is 24.2 Å². The first kappa shape index (κ1) is 14.6. The zero-order valence-electron chi connectivity index (χ0n) is 12.1. The molecule has 1 saturated carbocycles. The lowest BCUT2D eigenvalue weighted by atomic mass is 9.90. The van der Waals surface area contributed by atoms with Gasteiger partial charge in [-0.2, -0.15) is 0 Å². The van der Waals surface area contributed by atoms with Crippen LogP contribution in [0.5, 0.6) is 0 Å². The van der Waals surface area contributed by atoms with Crippen molar-refractivity contribution in [2.75, 3.05) is 0 Å². The van der Waals surface area contributed by atoms with E-state index in [1.807, 2.05) is 0 Å². The summed E-state index contributed by atoms with van der Waals surface area (Å²) in [6.45, 7) is 3.59. The highest BCUT2D eigenvalue weighted by Crippen LogP contribution is 2.21. The van der Waals surface area contributed by atoms with Crippen molar-refractivity contribution in [2.45, 2.75) is 52.1 Å². The molecule has 0 unspecified atom stereocenters. The molecule has 1 fully saturated rings. The van der Waals surface area contributed by atoms with Gasteiger partial charge in [0.15, 0.2) is 0 Å². The number of carbonyl (C=O) groups is 2. The minimum atomic E-state index is -1.07. The second-order valence-electron chi connectivity index (χ2n) is 5.84. The van der Waals surface area contributed by atoms with Crippen LogP contribution in [0.1, 0.15) is 45.3 Å². The largest absolute Gasteiger partial charge is 0.467 e. The van der Waals surface area contributed by atoms with E-state index < -0.39 is 5.41 Å². The molecule has 0 aromatic carbocycles. The standard InChI is InChI=1S/C15H22N2O3/c1-15(2,14(19)17-11-6-3-4-7-11)13(18)16-10-12-8-5-9-20-12/h5,8-9,11H,3-4,6-7,10H2,1-2H3,(H,16,18)(H,17,19). The van der Waals surface area contributed by atoms with E-state index in [2.05, 4.69) is 10.6 Å². The minimum absolute atomic E-state index is 0.207. The molecule has 2 amide bonds. The van der Waals surface area contributed by atoms with Crippen LogP contribution in [-0.2, 0) is 16.1 Å². The van der Waals surface area contributed by atoms with Crippen LogP contribution in [0, 0.1) is 5.41 Å². The second-order valence-corrected chi connectivity index (χ2v) is 5.84. The zero-order valence-corrected chi connectivity index (χ0v) is 12.1. The lowest BCUT2D eigenvalue weighted by Crippen LogP contribution is -2.49. The molecular formula is C15H22N2O3. The Kier molecular flexibility index (Phi) is 4.47. The maximum atomic E-state index is 12.2. The van der Waals surface area contributed by atoms with Gasteiger partial charge in [0, 0.05) is 6.04 Å². The molecule has 2 rings (SSSR count). The molecule has 0 radical (unpaired) electrons. The molecule has 0 aliphatic heterocycles. The molecule has 20 heavy (non-hydrogen) atoms. The van der Waals surface area contributed by atoms with E-state index in [4.69, 9.17) is 4.42 Å². The van der Waals surface area contributed by atoms with E-state index >= 15 is 0 Å². The lowest BCUT2D eigenvalue weighted by Gasteiger charge is -2.24. The van der Waals surface area contributed by atoms with Gasteiger partial charge in [0.05, 0.1) is 12.8 Å². The Morgan fingerprint density at radius 2 is 2.00 bits per heavy atom. The number of hydrogen-bond donors (Lipinski definition) is 2. The third-order valence-corrected chi connectivity index (χ3v) is 3.83. The fourth-order valence-corrected chi connectivity index (χ4v) is 2.34. The van der Waals surface area contributed by atoms with Gasteiger partial charge < -0.3 is 15.1 Å². The van der Waals surface area contributed by atoms with Gasteiger partial charge in [-0.05, 0) is 38.8 Å². The van der Waals surface area contributed by atoms with Crippen molar-refractivity contribution in [3.63, 3.8) is 0 Å². The molecule has 0 saturated heterocycles. The normalized spacial score (nSPS) is 16.1. The molecule has 5 heteroatoms. The Bertz CT molecular complexity index is 459. The van der Waals surface area contributed by atoms with Gasteiger partial charge >= 0.3 is 0 Å². The summed E-state index contributed by atoms with van der Waals surface area (Å²) in [6.07, 6.45) is 5.87. The Hall–Kier alpha value is -1.78. The van der Waals surface area contributed by atoms with E-state index in [0.29, 0.717) is 12.3 Å². The van der Waals surface area contributed by atoms with Crippen LogP contribution in [-0.4, -0.2) is 17.9 Å². The highest BCUT2D eigenvalue weighted by Gasteiger charge is 2.37. The highest BCUT2D eigenvalue weighted by atomic mass is 16.3. The van der Waals surface area contributed by atoms with Crippen LogP contribution in [0.25, 0.3) is 0 Å². The molecule has 0 spiro atoms. The summed E-state index contributed by atoms with van der Waals surface area (Å²) in [7, 11) is 0. The number of nitrogens with one attached hydrogen (secondary N) is 2. The van der Waals surface area contributed by atoms with Crippen molar-refractivity contribution in [1.82, 2.24) is 10.6 Å². The van der Waals surface area contributed by atoms with Gasteiger partial charge in [-0.15, -0.1) is 0 Å². The molecule has 0 bridgehead atoms. The quantitative estimate of drug-likeness (QED) is 0.809. The first-order valence-corrected chi connectivity index (χ1v) is 7.12. The molecule has 1 aromatic heterocycles. The minimum Gasteiger partial charge on any atom is -0.467 e. The van der Waals surface area contributed by atoms with E-state index in [9.17, 15) is 9.59 Å². The first-order chi connectivity index (χ1) is 9.50. The third-order valence-electron chi connectivity index (χ3n) is 3.83. The molecule has 1 aromatic rings. The molecule has 5 nitrogen and oxygen atoms in total. The fraction of sp³-hybridized carbons (Fsp3) is 0.600. The van der Waals surface area contributed by atoms with Crippen LogP contribution in [0.15, 0.2) is 22.8 Å². The van der Waals surface area contributed by atoms with Crippen LogP contribution < -0.4 is 10.6 Å². The summed E-state index contributed by atoms with van der Waals surface area (Å²) >= 11 is 0. The summed E-state index contributed by atoms with van der Waals surface area (Å²) in [6, 6.07) is 3.77. The molecule has 2 N–H and O–H groups in total. The van der Waals surface area contributed by atoms with Gasteiger partial charge in [0.25, 0.3) is 0 Å². The number of furan rings is 1. The van der Waals surface area contributed by atoms with Crippen molar-refractivity contribution in [1.29, 1.82) is 0 Å². The van der Waals surface area contributed by atoms with Gasteiger partial charge in [0.1, 0.15) is 11.2 Å². The average Bonchev–Trinajstić information content (AvgIpc) is 3.08. The average molecular weight is 278 g/mol. The molecule has 1 aliphatic carbocycles. The Morgan fingerprint density at radius 1 is 1.30 bits per heavy atom. The Morgan fingerprint density at radius 3 is 2.60 bits per heavy atom. The molecular weight excluding hydrogens is 256 g/mol. The predicted octanol–water partition coefficient (Wildman–Crippen LogP) is 1.98. The Labute approximate surface area is 119 Å². The first-order valence-electron chi connectivity index (χ1n) is 7.12. The van der Waals surface area contributed by atoms with Crippen molar-refractivity contribution in [2.24, 2.45) is 5.41 Å². The summed E-state index contributed by atoms with van der Waals surface area (Å²) in [4.78, 5) is 24.4. The molecule has 1 heterocycles. The summed E-state index contributed by atoms with van der Waals surface area (Å²) < 4.78 is 5.15. The van der Waals surface area contributed by atoms with Crippen LogP contribution >= 0.6 is 0 Å². The molecule has 0 atom stereocenters. The van der Waals surface area contributed by atoms with Gasteiger partial charge in [-0.1, -0.05) is 12.8 Å². The molecule has 110 valence electrons. The van der Waals surface area contributed by atoms with E-state index in [-0.39, 0.29) is 17.9 Å². The summed E-state index contributed by atoms with van der Waals surface area (Å²) in [5, 5.41) is 5.71. The van der Waals surface area contributed by atoms with Gasteiger partial charge in [0.2, 0.25) is 11.8 Å². The van der Waals surface area contributed by atoms with E-state index in [0.717, 1.165) is 25.7 Å². The number of rotatable bonds is 5. The van der Waals surface area contributed by atoms with Crippen molar-refractivity contribution < 1.29 is 14.0 Å². The zero-order chi connectivity index (χ0) is 14.6. The number of carbonyl (C=O) groups excluding carboxylic acids is 2. The SMILES string of the molecule is CC(C)(C(=O)NCc1ccco1)C(=O)NC1CCCC1. The van der Waals surface area contributed by atoms with Crippen molar-refractivity contribution in [3.8, 4) is 0 Å². The maximum absolute atomic E-state index is 12.2. The van der Waals surface area contributed by atoms with Gasteiger partial charge in [-0.3, -0.25) is 9.59 Å². The lowest BCUT2D eigenvalue weighted by molar-refractivity contribution is -0.141. The Balaban J connectivity index is 1.86. The fourth-order valence-electron chi connectivity index (χ4n) is 2.34. The number of amides is 2. The van der Waals surface area contributed by atoms with E-state index in [1.54, 1.807) is 32.2 Å². The highest BCUT2D eigenvalue weighted by molar-refractivity contribution is 6.04. The van der Waals surface area contributed by atoms with Crippen molar-refractivity contribution >= 4 is 11.8 Å². The van der Waals surface area contributed by atoms with E-state index in [1.165, 1.54) is 0 Å². The smallest absolute Gasteiger partial charge is 0.235 e. The van der Waals surface area contributed by atoms with Gasteiger partial charge in [-0.25, -0.2) is 0 Å². The monoisotopic (exact) mass is 278 g/mol. The topological polar surface area (TPSA) is 71.3 Å². The van der Waals surface area contributed by atoms with Crippen LogP contribution in [0.2, 0.25) is 0 Å². The predicted molar refractivity (Wildman–Crippen MR) is 74.7 cm³/mol. The van der Waals surface area contributed by atoms with Crippen LogP contribution in [0.3, 0.4) is 0 Å². The summed E-state index contributed by atoms with van der Waals surface area (Å²) in [5.74, 6) is 0.177. The number of hydrogen-bond acceptors (Lipinski definition) is 3. The third kappa shape index (κ3) is 3.40.